The third-order valence-corrected chi connectivity index (χ3v) is 3.03. The van der Waals surface area contributed by atoms with E-state index in [0.29, 0.717) is 0 Å². The van der Waals surface area contributed by atoms with Crippen LogP contribution in [0.4, 0.5) is 0 Å². The average molecular weight is 168 g/mol. The van der Waals surface area contributed by atoms with Crippen LogP contribution < -0.4 is 0 Å². The zero-order chi connectivity index (χ0) is 7.52. The van der Waals surface area contributed by atoms with Crippen LogP contribution in [0.2, 0.25) is 0 Å². The maximum atomic E-state index is 4.16. The van der Waals surface area contributed by atoms with Gasteiger partial charge in [-0.2, -0.15) is 11.8 Å². The Bertz CT molecular complexity index is 204. The summed E-state index contributed by atoms with van der Waals surface area (Å²) in [5.41, 5.74) is 0. The highest BCUT2D eigenvalue weighted by molar-refractivity contribution is 7.98. The third kappa shape index (κ3) is 2.26. The second-order valence-corrected chi connectivity index (χ2v) is 4.02. The Morgan fingerprint density at radius 2 is 2.55 bits per heavy atom. The lowest BCUT2D eigenvalue weighted by Gasteiger charge is -1.95. The maximum absolute atomic E-state index is 4.16. The molecule has 1 aliphatic rings. The van der Waals surface area contributed by atoms with E-state index in [2.05, 4.69) is 9.97 Å². The van der Waals surface area contributed by atoms with Gasteiger partial charge in [0.25, 0.3) is 0 Å². The third-order valence-electron chi connectivity index (χ3n) is 1.84. The molecule has 60 valence electrons. The van der Waals surface area contributed by atoms with Gasteiger partial charge >= 0.3 is 0 Å². The normalized spacial score (nSPS) is 17.1. The molecule has 0 amide bonds. The summed E-state index contributed by atoms with van der Waals surface area (Å²) in [6.45, 7) is 0. The van der Waals surface area contributed by atoms with Crippen LogP contribution in [0.25, 0.3) is 0 Å². The molecule has 0 aliphatic heterocycles. The molecule has 0 saturated heterocycles. The Balaban J connectivity index is 1.66. The summed E-state index contributed by atoms with van der Waals surface area (Å²) in [4.78, 5) is 7.26. The van der Waals surface area contributed by atoms with Gasteiger partial charge in [-0.3, -0.25) is 0 Å². The predicted octanol–water partition coefficient (Wildman–Crippen LogP) is 2.05. The molecule has 1 aromatic heterocycles. The van der Waals surface area contributed by atoms with E-state index in [1.54, 1.807) is 0 Å². The van der Waals surface area contributed by atoms with E-state index >= 15 is 0 Å². The summed E-state index contributed by atoms with van der Waals surface area (Å²) in [6.07, 6.45) is 6.59. The number of hydrogen-bond donors (Lipinski definition) is 1. The van der Waals surface area contributed by atoms with Crippen LogP contribution in [-0.2, 0) is 5.75 Å². The average Bonchev–Trinajstić information content (AvgIpc) is 2.66. The fraction of sp³-hybridized carbons (Fsp3) is 0.625. The first kappa shape index (κ1) is 7.22. The summed E-state index contributed by atoms with van der Waals surface area (Å²) in [5.74, 6) is 4.50. The molecule has 3 heteroatoms. The number of H-pyrrole nitrogens is 1. The van der Waals surface area contributed by atoms with Gasteiger partial charge in [0, 0.05) is 12.4 Å². The summed E-state index contributed by atoms with van der Waals surface area (Å²) < 4.78 is 0. The zero-order valence-corrected chi connectivity index (χ0v) is 7.23. The van der Waals surface area contributed by atoms with E-state index in [9.17, 15) is 0 Å². The lowest BCUT2D eigenvalue weighted by atomic mass is 10.5. The molecule has 1 N–H and O–H groups in total. The Morgan fingerprint density at radius 1 is 1.64 bits per heavy atom. The first-order valence-electron chi connectivity index (χ1n) is 4.01. The monoisotopic (exact) mass is 168 g/mol. The maximum Gasteiger partial charge on any atom is 0.116 e. The van der Waals surface area contributed by atoms with Crippen LogP contribution in [0.5, 0.6) is 0 Å². The Kier molecular flexibility index (Phi) is 2.17. The molecular weight excluding hydrogens is 156 g/mol. The van der Waals surface area contributed by atoms with Crippen molar-refractivity contribution >= 4 is 11.8 Å². The first-order chi connectivity index (χ1) is 5.45. The lowest BCUT2D eigenvalue weighted by molar-refractivity contribution is 0.995. The molecule has 0 spiro atoms. The van der Waals surface area contributed by atoms with Crippen molar-refractivity contribution in [1.29, 1.82) is 0 Å². The molecule has 1 heterocycles. The van der Waals surface area contributed by atoms with Crippen LogP contribution in [0.3, 0.4) is 0 Å². The van der Waals surface area contributed by atoms with E-state index < -0.39 is 0 Å². The van der Waals surface area contributed by atoms with Gasteiger partial charge in [0.2, 0.25) is 0 Å². The summed E-state index contributed by atoms with van der Waals surface area (Å²) in [6, 6.07) is 0. The number of imidazole rings is 1. The standard InChI is InChI=1S/C8H12N2S/c1-2-7(1)5-11-6-8-9-3-4-10-8/h3-4,7H,1-2,5-6H2,(H,9,10). The topological polar surface area (TPSA) is 28.7 Å². The molecule has 0 atom stereocenters. The largest absolute Gasteiger partial charge is 0.348 e. The van der Waals surface area contributed by atoms with Gasteiger partial charge in [0.1, 0.15) is 5.82 Å². The van der Waals surface area contributed by atoms with Crippen LogP contribution in [0, 0.1) is 5.92 Å². The fourth-order valence-electron chi connectivity index (χ4n) is 0.984. The van der Waals surface area contributed by atoms with Crippen LogP contribution in [-0.4, -0.2) is 15.7 Å². The van der Waals surface area contributed by atoms with Gasteiger partial charge in [-0.05, 0) is 24.5 Å². The van der Waals surface area contributed by atoms with Crippen molar-refractivity contribution in [2.45, 2.75) is 18.6 Å². The number of nitrogens with zero attached hydrogens (tertiary/aromatic N) is 1. The minimum absolute atomic E-state index is 1.02. The molecule has 1 aliphatic carbocycles. The molecule has 2 rings (SSSR count). The van der Waals surface area contributed by atoms with E-state index in [4.69, 9.17) is 0 Å². The molecule has 11 heavy (non-hydrogen) atoms. The summed E-state index contributed by atoms with van der Waals surface area (Å²) in [5, 5.41) is 0. The number of nitrogens with one attached hydrogen (secondary N) is 1. The van der Waals surface area contributed by atoms with Gasteiger partial charge in [-0.1, -0.05) is 0 Å². The second-order valence-electron chi connectivity index (χ2n) is 2.99. The highest BCUT2D eigenvalue weighted by Crippen LogP contribution is 2.32. The van der Waals surface area contributed by atoms with E-state index in [1.807, 2.05) is 24.2 Å². The minimum atomic E-state index is 1.02. The number of aromatic amines is 1. The Morgan fingerprint density at radius 3 is 3.18 bits per heavy atom. The van der Waals surface area contributed by atoms with Crippen LogP contribution in [0.15, 0.2) is 12.4 Å². The number of aromatic nitrogens is 2. The molecule has 1 saturated carbocycles. The molecule has 1 aromatic rings. The fourth-order valence-corrected chi connectivity index (χ4v) is 2.12. The van der Waals surface area contributed by atoms with Crippen LogP contribution in [0.1, 0.15) is 18.7 Å². The molecular formula is C8H12N2S. The van der Waals surface area contributed by atoms with E-state index in [1.165, 1.54) is 18.6 Å². The van der Waals surface area contributed by atoms with Gasteiger partial charge in [-0.15, -0.1) is 0 Å². The zero-order valence-electron chi connectivity index (χ0n) is 6.42. The summed E-state index contributed by atoms with van der Waals surface area (Å²) in [7, 11) is 0. The number of thioether (sulfide) groups is 1. The Hall–Kier alpha value is -0.440. The minimum Gasteiger partial charge on any atom is -0.348 e. The van der Waals surface area contributed by atoms with Crippen molar-refractivity contribution in [1.82, 2.24) is 9.97 Å². The Labute approximate surface area is 70.8 Å². The SMILES string of the molecule is c1c[nH]c(CSCC2CC2)n1. The van der Waals surface area contributed by atoms with Crippen molar-refractivity contribution in [3.63, 3.8) is 0 Å². The van der Waals surface area contributed by atoms with Crippen molar-refractivity contribution in [2.75, 3.05) is 5.75 Å². The van der Waals surface area contributed by atoms with Crippen molar-refractivity contribution in [2.24, 2.45) is 5.92 Å². The molecule has 0 bridgehead atoms. The highest BCUT2D eigenvalue weighted by atomic mass is 32.2. The number of hydrogen-bond acceptors (Lipinski definition) is 2. The molecule has 0 aromatic carbocycles. The van der Waals surface area contributed by atoms with Gasteiger partial charge in [-0.25, -0.2) is 4.98 Å². The predicted molar refractivity (Wildman–Crippen MR) is 47.5 cm³/mol. The van der Waals surface area contributed by atoms with Crippen molar-refractivity contribution in [3.8, 4) is 0 Å². The van der Waals surface area contributed by atoms with Gasteiger partial charge < -0.3 is 4.98 Å². The van der Waals surface area contributed by atoms with E-state index in [-0.39, 0.29) is 0 Å². The van der Waals surface area contributed by atoms with Gasteiger partial charge in [0.05, 0.1) is 5.75 Å². The lowest BCUT2D eigenvalue weighted by Crippen LogP contribution is -1.86. The molecule has 0 unspecified atom stereocenters. The quantitative estimate of drug-likeness (QED) is 0.745. The van der Waals surface area contributed by atoms with Crippen molar-refractivity contribution < 1.29 is 0 Å². The molecule has 2 nitrogen and oxygen atoms in total. The molecule has 1 fully saturated rings. The highest BCUT2D eigenvalue weighted by Gasteiger charge is 2.20. The van der Waals surface area contributed by atoms with Gasteiger partial charge in [0.15, 0.2) is 0 Å². The number of rotatable bonds is 4. The smallest absolute Gasteiger partial charge is 0.116 e. The summed E-state index contributed by atoms with van der Waals surface area (Å²) >= 11 is 1.99. The van der Waals surface area contributed by atoms with E-state index in [0.717, 1.165) is 17.5 Å². The first-order valence-corrected chi connectivity index (χ1v) is 5.16. The van der Waals surface area contributed by atoms with Crippen LogP contribution >= 0.6 is 11.8 Å². The van der Waals surface area contributed by atoms with Crippen molar-refractivity contribution in [3.05, 3.63) is 18.2 Å². The molecule has 0 radical (unpaired) electrons. The second kappa shape index (κ2) is 3.30.